The molecule has 0 unspecified atom stereocenters. The van der Waals surface area contributed by atoms with Crippen LogP contribution in [0.3, 0.4) is 0 Å². The Labute approximate surface area is 149 Å². The van der Waals surface area contributed by atoms with Crippen LogP contribution < -0.4 is 5.69 Å². The smallest absolute Gasteiger partial charge is 0.330 e. The highest BCUT2D eigenvalue weighted by Gasteiger charge is 2.29. The van der Waals surface area contributed by atoms with Crippen LogP contribution in [0.2, 0.25) is 0 Å². The predicted molar refractivity (Wildman–Crippen MR) is 93.2 cm³/mol. The lowest BCUT2D eigenvalue weighted by atomic mass is 10.2. The number of carbonyl (C=O) groups is 1. The number of hydrogen-bond acceptors (Lipinski definition) is 3. The van der Waals surface area contributed by atoms with Gasteiger partial charge in [0.25, 0.3) is 5.91 Å². The van der Waals surface area contributed by atoms with E-state index in [-0.39, 0.29) is 29.8 Å². The van der Waals surface area contributed by atoms with Crippen molar-refractivity contribution in [3.05, 3.63) is 87.9 Å². The summed E-state index contributed by atoms with van der Waals surface area (Å²) in [5, 5.41) is 4.24. The lowest BCUT2D eigenvalue weighted by Gasteiger charge is -2.26. The van der Waals surface area contributed by atoms with E-state index in [0.717, 1.165) is 5.56 Å². The summed E-state index contributed by atoms with van der Waals surface area (Å²) in [5.41, 5.74) is 1.36. The van der Waals surface area contributed by atoms with Crippen LogP contribution in [0.4, 0.5) is 4.39 Å². The molecule has 2 aromatic carbocycles. The molecule has 0 fully saturated rings. The summed E-state index contributed by atoms with van der Waals surface area (Å²) in [6.07, 6.45) is 0. The van der Waals surface area contributed by atoms with Gasteiger partial charge in [0, 0.05) is 19.6 Å². The van der Waals surface area contributed by atoms with E-state index in [9.17, 15) is 14.0 Å². The van der Waals surface area contributed by atoms with Gasteiger partial charge in [-0.25, -0.2) is 13.9 Å². The monoisotopic (exact) mass is 352 g/mol. The molecule has 3 aromatic rings. The van der Waals surface area contributed by atoms with Crippen molar-refractivity contribution in [2.24, 2.45) is 0 Å². The van der Waals surface area contributed by atoms with E-state index >= 15 is 0 Å². The molecule has 0 N–H and O–H groups in total. The molecule has 2 heterocycles. The fourth-order valence-corrected chi connectivity index (χ4v) is 3.13. The topological polar surface area (TPSA) is 60.1 Å². The van der Waals surface area contributed by atoms with Gasteiger partial charge in [0.15, 0.2) is 0 Å². The number of nitrogens with zero attached hydrogens (tertiary/aromatic N) is 4. The van der Waals surface area contributed by atoms with Crippen molar-refractivity contribution in [1.29, 1.82) is 0 Å². The predicted octanol–water partition coefficient (Wildman–Crippen LogP) is 1.89. The zero-order valence-electron chi connectivity index (χ0n) is 14.0. The van der Waals surface area contributed by atoms with E-state index in [1.165, 1.54) is 21.4 Å². The van der Waals surface area contributed by atoms with Gasteiger partial charge in [-0.3, -0.25) is 9.36 Å². The van der Waals surface area contributed by atoms with Crippen molar-refractivity contribution < 1.29 is 9.18 Å². The SMILES string of the molecule is O=C1c2nn(Cc3ccccc3)c(=O)n2CCN1Cc1cccc(F)c1. The number of halogens is 1. The van der Waals surface area contributed by atoms with Crippen molar-refractivity contribution in [2.75, 3.05) is 6.54 Å². The van der Waals surface area contributed by atoms with Gasteiger partial charge in [-0.1, -0.05) is 42.5 Å². The highest BCUT2D eigenvalue weighted by Crippen LogP contribution is 2.14. The molecule has 0 bridgehead atoms. The summed E-state index contributed by atoms with van der Waals surface area (Å²) in [6.45, 7) is 1.37. The van der Waals surface area contributed by atoms with Gasteiger partial charge in [0.2, 0.25) is 5.82 Å². The van der Waals surface area contributed by atoms with Gasteiger partial charge in [-0.05, 0) is 23.3 Å². The summed E-state index contributed by atoms with van der Waals surface area (Å²) >= 11 is 0. The van der Waals surface area contributed by atoms with Crippen molar-refractivity contribution in [2.45, 2.75) is 19.6 Å². The number of fused-ring (bicyclic) bond motifs is 1. The van der Waals surface area contributed by atoms with Gasteiger partial charge < -0.3 is 4.90 Å². The van der Waals surface area contributed by atoms with Gasteiger partial charge >= 0.3 is 5.69 Å². The Balaban J connectivity index is 1.58. The van der Waals surface area contributed by atoms with Crippen LogP contribution in [0, 0.1) is 5.82 Å². The average molecular weight is 352 g/mol. The molecule has 0 aliphatic carbocycles. The molecule has 26 heavy (non-hydrogen) atoms. The highest BCUT2D eigenvalue weighted by atomic mass is 19.1. The van der Waals surface area contributed by atoms with Crippen molar-refractivity contribution >= 4 is 5.91 Å². The van der Waals surface area contributed by atoms with Crippen LogP contribution >= 0.6 is 0 Å². The molecule has 0 atom stereocenters. The second-order valence-corrected chi connectivity index (χ2v) is 6.26. The molecular formula is C19H17FN4O2. The third-order valence-corrected chi connectivity index (χ3v) is 4.43. The van der Waals surface area contributed by atoms with Gasteiger partial charge in [0.05, 0.1) is 6.54 Å². The van der Waals surface area contributed by atoms with E-state index in [0.29, 0.717) is 25.2 Å². The summed E-state index contributed by atoms with van der Waals surface area (Å²) in [5.74, 6) is -0.519. The molecule has 0 spiro atoms. The third kappa shape index (κ3) is 3.03. The van der Waals surface area contributed by atoms with E-state index in [2.05, 4.69) is 5.10 Å². The Morgan fingerprint density at radius 1 is 0.923 bits per heavy atom. The van der Waals surface area contributed by atoms with Crippen LogP contribution in [-0.2, 0) is 19.6 Å². The first-order valence-corrected chi connectivity index (χ1v) is 8.37. The normalized spacial score (nSPS) is 13.7. The maximum atomic E-state index is 13.4. The lowest BCUT2D eigenvalue weighted by Crippen LogP contribution is -2.42. The van der Waals surface area contributed by atoms with E-state index < -0.39 is 0 Å². The largest absolute Gasteiger partial charge is 0.346 e. The average Bonchev–Trinajstić information content (AvgIpc) is 2.95. The molecule has 132 valence electrons. The third-order valence-electron chi connectivity index (χ3n) is 4.43. The summed E-state index contributed by atoms with van der Waals surface area (Å²) in [7, 11) is 0. The maximum absolute atomic E-state index is 13.4. The zero-order valence-corrected chi connectivity index (χ0v) is 14.0. The van der Waals surface area contributed by atoms with Crippen LogP contribution in [0.25, 0.3) is 0 Å². The Bertz CT molecular complexity index is 1010. The number of benzene rings is 2. The highest BCUT2D eigenvalue weighted by molar-refractivity contribution is 5.91. The van der Waals surface area contributed by atoms with Gasteiger partial charge in [0.1, 0.15) is 5.82 Å². The van der Waals surface area contributed by atoms with E-state index in [1.54, 1.807) is 17.0 Å². The minimum absolute atomic E-state index is 0.133. The number of carbonyl (C=O) groups excluding carboxylic acids is 1. The van der Waals surface area contributed by atoms with Crippen LogP contribution in [0.15, 0.2) is 59.4 Å². The van der Waals surface area contributed by atoms with Crippen LogP contribution in [0.5, 0.6) is 0 Å². The molecule has 1 aliphatic rings. The summed E-state index contributed by atoms with van der Waals surface area (Å²) in [4.78, 5) is 26.8. The number of aromatic nitrogens is 3. The Kier molecular flexibility index (Phi) is 4.12. The first-order chi connectivity index (χ1) is 12.6. The lowest BCUT2D eigenvalue weighted by molar-refractivity contribution is 0.0681. The summed E-state index contributed by atoms with van der Waals surface area (Å²) < 4.78 is 16.1. The summed E-state index contributed by atoms with van der Waals surface area (Å²) in [6, 6.07) is 15.7. The minimum atomic E-state index is -0.337. The quantitative estimate of drug-likeness (QED) is 0.720. The molecule has 1 amide bonds. The molecule has 0 saturated heterocycles. The molecule has 4 rings (SSSR count). The molecule has 1 aromatic heterocycles. The van der Waals surface area contributed by atoms with Gasteiger partial charge in [-0.2, -0.15) is 0 Å². The molecule has 0 radical (unpaired) electrons. The molecule has 1 aliphatic heterocycles. The zero-order chi connectivity index (χ0) is 18.1. The fraction of sp³-hybridized carbons (Fsp3) is 0.211. The number of amides is 1. The van der Waals surface area contributed by atoms with Crippen molar-refractivity contribution in [1.82, 2.24) is 19.2 Å². The van der Waals surface area contributed by atoms with E-state index in [1.807, 2.05) is 30.3 Å². The standard InChI is InChI=1S/C19H17FN4O2/c20-16-8-4-7-15(11-16)12-22-9-10-23-17(18(22)25)21-24(19(23)26)13-14-5-2-1-3-6-14/h1-8,11H,9-10,12-13H2. The van der Waals surface area contributed by atoms with Gasteiger partial charge in [-0.15, -0.1) is 5.10 Å². The van der Waals surface area contributed by atoms with E-state index in [4.69, 9.17) is 0 Å². The first-order valence-electron chi connectivity index (χ1n) is 8.37. The molecular weight excluding hydrogens is 335 g/mol. The Morgan fingerprint density at radius 2 is 1.69 bits per heavy atom. The second kappa shape index (κ2) is 6.59. The van der Waals surface area contributed by atoms with Crippen molar-refractivity contribution in [3.63, 3.8) is 0 Å². The minimum Gasteiger partial charge on any atom is -0.330 e. The maximum Gasteiger partial charge on any atom is 0.346 e. The Hall–Kier alpha value is -3.22. The Morgan fingerprint density at radius 3 is 2.46 bits per heavy atom. The van der Waals surface area contributed by atoms with Crippen LogP contribution in [-0.4, -0.2) is 31.7 Å². The second-order valence-electron chi connectivity index (χ2n) is 6.26. The number of hydrogen-bond donors (Lipinski definition) is 0. The number of rotatable bonds is 4. The molecule has 7 heteroatoms. The fourth-order valence-electron chi connectivity index (χ4n) is 3.13. The van der Waals surface area contributed by atoms with Crippen molar-refractivity contribution in [3.8, 4) is 0 Å². The van der Waals surface area contributed by atoms with Crippen LogP contribution in [0.1, 0.15) is 21.7 Å². The first kappa shape index (κ1) is 16.3. The molecule has 0 saturated carbocycles. The molecule has 6 nitrogen and oxygen atoms in total.